The Hall–Kier alpha value is -1.49. The first-order valence-corrected chi connectivity index (χ1v) is 6.52. The van der Waals surface area contributed by atoms with E-state index in [0.717, 1.165) is 31.0 Å². The molecule has 1 amide bonds. The van der Waals surface area contributed by atoms with Crippen LogP contribution in [0.3, 0.4) is 0 Å². The maximum Gasteiger partial charge on any atom is 0.254 e. The highest BCUT2D eigenvalue weighted by molar-refractivity contribution is 5.94. The van der Waals surface area contributed by atoms with Crippen molar-refractivity contribution in [2.45, 2.75) is 25.8 Å². The second kappa shape index (κ2) is 5.65. The van der Waals surface area contributed by atoms with Gasteiger partial charge in [0.25, 0.3) is 5.91 Å². The summed E-state index contributed by atoms with van der Waals surface area (Å²) >= 11 is 0. The Labute approximate surface area is 111 Å². The molecule has 0 aliphatic carbocycles. The molecule has 1 aromatic carbocycles. The zero-order chi connectivity index (χ0) is 14.0. The third-order valence-corrected chi connectivity index (χ3v) is 3.71. The number of amides is 1. The molecular formula is C14H18F2N2O. The lowest BCUT2D eigenvalue weighted by Crippen LogP contribution is -2.49. The van der Waals surface area contributed by atoms with Gasteiger partial charge in [0.2, 0.25) is 0 Å². The third-order valence-electron chi connectivity index (χ3n) is 3.71. The van der Waals surface area contributed by atoms with Gasteiger partial charge < -0.3 is 10.6 Å². The quantitative estimate of drug-likeness (QED) is 0.893. The molecule has 1 aliphatic heterocycles. The summed E-state index contributed by atoms with van der Waals surface area (Å²) in [4.78, 5) is 13.9. The van der Waals surface area contributed by atoms with Crippen LogP contribution in [-0.2, 0) is 0 Å². The molecule has 0 spiro atoms. The van der Waals surface area contributed by atoms with Crippen LogP contribution in [0.1, 0.15) is 30.1 Å². The molecule has 0 bridgehead atoms. The summed E-state index contributed by atoms with van der Waals surface area (Å²) in [5.74, 6) is -1.55. The molecule has 0 aromatic heterocycles. The molecule has 2 N–H and O–H groups in total. The number of carbonyl (C=O) groups excluding carboxylic acids is 1. The highest BCUT2D eigenvalue weighted by atomic mass is 19.1. The molecule has 19 heavy (non-hydrogen) atoms. The van der Waals surface area contributed by atoms with Gasteiger partial charge in [0, 0.05) is 30.8 Å². The third kappa shape index (κ3) is 3.10. The summed E-state index contributed by atoms with van der Waals surface area (Å²) in [6, 6.07) is 3.00. The Morgan fingerprint density at radius 3 is 2.58 bits per heavy atom. The van der Waals surface area contributed by atoms with Crippen LogP contribution in [0, 0.1) is 17.6 Å². The highest BCUT2D eigenvalue weighted by Crippen LogP contribution is 2.21. The van der Waals surface area contributed by atoms with Crippen molar-refractivity contribution in [1.82, 2.24) is 4.90 Å². The van der Waals surface area contributed by atoms with Gasteiger partial charge in [0.05, 0.1) is 0 Å². The molecule has 2 atom stereocenters. The predicted octanol–water partition coefficient (Wildman–Crippen LogP) is 2.16. The van der Waals surface area contributed by atoms with Gasteiger partial charge in [-0.3, -0.25) is 4.79 Å². The normalized spacial score (nSPS) is 23.5. The Morgan fingerprint density at radius 2 is 2.00 bits per heavy atom. The molecule has 5 heteroatoms. The number of carbonyl (C=O) groups is 1. The summed E-state index contributed by atoms with van der Waals surface area (Å²) in [7, 11) is 0. The van der Waals surface area contributed by atoms with E-state index < -0.39 is 11.6 Å². The topological polar surface area (TPSA) is 46.3 Å². The Morgan fingerprint density at radius 1 is 1.37 bits per heavy atom. The molecule has 1 heterocycles. The fourth-order valence-corrected chi connectivity index (χ4v) is 2.53. The second-order valence-corrected chi connectivity index (χ2v) is 5.03. The molecule has 1 fully saturated rings. The summed E-state index contributed by atoms with van der Waals surface area (Å²) in [6.07, 6.45) is 1.62. The van der Waals surface area contributed by atoms with Gasteiger partial charge in [-0.1, -0.05) is 13.3 Å². The SMILES string of the molecule is CCC1CN(C(=O)c2cc(F)cc(F)c2)CCC1N. The summed E-state index contributed by atoms with van der Waals surface area (Å²) in [5, 5.41) is 0. The standard InChI is InChI=1S/C14H18F2N2O/c1-2-9-8-18(4-3-13(9)17)14(19)10-5-11(15)7-12(16)6-10/h5-7,9,13H,2-4,8,17H2,1H3. The summed E-state index contributed by atoms with van der Waals surface area (Å²) in [5.41, 5.74) is 6.04. The number of hydrogen-bond acceptors (Lipinski definition) is 2. The van der Waals surface area contributed by atoms with Crippen molar-refractivity contribution in [2.75, 3.05) is 13.1 Å². The van der Waals surface area contributed by atoms with Crippen LogP contribution in [0.4, 0.5) is 8.78 Å². The van der Waals surface area contributed by atoms with Gasteiger partial charge in [0.1, 0.15) is 11.6 Å². The molecule has 3 nitrogen and oxygen atoms in total. The number of piperidine rings is 1. The number of benzene rings is 1. The van der Waals surface area contributed by atoms with E-state index in [0.29, 0.717) is 13.1 Å². The van der Waals surface area contributed by atoms with E-state index in [2.05, 4.69) is 0 Å². The molecule has 0 saturated carbocycles. The van der Waals surface area contributed by atoms with Crippen LogP contribution in [0.15, 0.2) is 18.2 Å². The molecular weight excluding hydrogens is 250 g/mol. The Balaban J connectivity index is 2.15. The first-order chi connectivity index (χ1) is 9.01. The zero-order valence-corrected chi connectivity index (χ0v) is 10.9. The van der Waals surface area contributed by atoms with E-state index >= 15 is 0 Å². The second-order valence-electron chi connectivity index (χ2n) is 5.03. The van der Waals surface area contributed by atoms with Crippen LogP contribution in [-0.4, -0.2) is 29.9 Å². The van der Waals surface area contributed by atoms with Gasteiger partial charge in [-0.15, -0.1) is 0 Å². The van der Waals surface area contributed by atoms with E-state index in [4.69, 9.17) is 5.73 Å². The lowest BCUT2D eigenvalue weighted by molar-refractivity contribution is 0.0648. The van der Waals surface area contributed by atoms with Crippen LogP contribution in [0.25, 0.3) is 0 Å². The maximum absolute atomic E-state index is 13.1. The molecule has 2 unspecified atom stereocenters. The lowest BCUT2D eigenvalue weighted by atomic mass is 9.90. The van der Waals surface area contributed by atoms with Crippen molar-refractivity contribution >= 4 is 5.91 Å². The number of hydrogen-bond donors (Lipinski definition) is 1. The predicted molar refractivity (Wildman–Crippen MR) is 68.6 cm³/mol. The molecule has 1 saturated heterocycles. The van der Waals surface area contributed by atoms with Crippen molar-refractivity contribution in [2.24, 2.45) is 11.7 Å². The summed E-state index contributed by atoms with van der Waals surface area (Å²) < 4.78 is 26.3. The number of rotatable bonds is 2. The van der Waals surface area contributed by atoms with E-state index in [1.54, 1.807) is 4.90 Å². The number of nitrogens with two attached hydrogens (primary N) is 1. The van der Waals surface area contributed by atoms with Crippen LogP contribution in [0.2, 0.25) is 0 Å². The van der Waals surface area contributed by atoms with Gasteiger partial charge in [0.15, 0.2) is 0 Å². The Bertz CT molecular complexity index is 458. The van der Waals surface area contributed by atoms with Crippen molar-refractivity contribution in [3.63, 3.8) is 0 Å². The van der Waals surface area contributed by atoms with Crippen LogP contribution < -0.4 is 5.73 Å². The van der Waals surface area contributed by atoms with E-state index in [9.17, 15) is 13.6 Å². The smallest absolute Gasteiger partial charge is 0.254 e. The average Bonchev–Trinajstić information content (AvgIpc) is 2.37. The number of halogens is 2. The van der Waals surface area contributed by atoms with E-state index in [1.807, 2.05) is 6.92 Å². The summed E-state index contributed by atoms with van der Waals surface area (Å²) in [6.45, 7) is 3.11. The van der Waals surface area contributed by atoms with Gasteiger partial charge in [-0.05, 0) is 24.5 Å². The van der Waals surface area contributed by atoms with Crippen molar-refractivity contribution in [3.05, 3.63) is 35.4 Å². The fourth-order valence-electron chi connectivity index (χ4n) is 2.53. The lowest BCUT2D eigenvalue weighted by Gasteiger charge is -2.36. The minimum Gasteiger partial charge on any atom is -0.338 e. The zero-order valence-electron chi connectivity index (χ0n) is 10.9. The number of likely N-dealkylation sites (tertiary alicyclic amines) is 1. The minimum atomic E-state index is -0.732. The van der Waals surface area contributed by atoms with Gasteiger partial charge in [-0.2, -0.15) is 0 Å². The molecule has 1 aromatic rings. The minimum absolute atomic E-state index is 0.0582. The molecule has 104 valence electrons. The first-order valence-electron chi connectivity index (χ1n) is 6.52. The van der Waals surface area contributed by atoms with E-state index in [1.165, 1.54) is 0 Å². The fraction of sp³-hybridized carbons (Fsp3) is 0.500. The first kappa shape index (κ1) is 13.9. The van der Waals surface area contributed by atoms with Gasteiger partial charge >= 0.3 is 0 Å². The number of nitrogens with zero attached hydrogens (tertiary/aromatic N) is 1. The Kier molecular flexibility index (Phi) is 4.14. The highest BCUT2D eigenvalue weighted by Gasteiger charge is 2.28. The van der Waals surface area contributed by atoms with Gasteiger partial charge in [-0.25, -0.2) is 8.78 Å². The average molecular weight is 268 g/mol. The monoisotopic (exact) mass is 268 g/mol. The van der Waals surface area contributed by atoms with E-state index in [-0.39, 0.29) is 23.4 Å². The van der Waals surface area contributed by atoms with Crippen molar-refractivity contribution in [3.8, 4) is 0 Å². The van der Waals surface area contributed by atoms with Crippen LogP contribution >= 0.6 is 0 Å². The molecule has 2 rings (SSSR count). The van der Waals surface area contributed by atoms with Crippen molar-refractivity contribution in [1.29, 1.82) is 0 Å². The molecule has 1 aliphatic rings. The van der Waals surface area contributed by atoms with Crippen molar-refractivity contribution < 1.29 is 13.6 Å². The molecule has 0 radical (unpaired) electrons. The largest absolute Gasteiger partial charge is 0.338 e. The maximum atomic E-state index is 13.1. The van der Waals surface area contributed by atoms with Crippen LogP contribution in [0.5, 0.6) is 0 Å².